The molecule has 1 aromatic rings. The van der Waals surface area contributed by atoms with Gasteiger partial charge in [0.15, 0.2) is 0 Å². The minimum atomic E-state index is 0.0624. The lowest BCUT2D eigenvalue weighted by Crippen LogP contribution is -2.17. The molecule has 0 aliphatic carbocycles. The molecule has 0 bridgehead atoms. The fraction of sp³-hybridized carbons (Fsp3) is 0.500. The Hall–Kier alpha value is -0.360. The van der Waals surface area contributed by atoms with E-state index in [1.807, 2.05) is 10.7 Å². The van der Waals surface area contributed by atoms with Crippen LogP contribution in [0.25, 0.3) is 0 Å². The monoisotopic (exact) mass is 323 g/mol. The Morgan fingerprint density at radius 2 is 2.36 bits per heavy atom. The van der Waals surface area contributed by atoms with Gasteiger partial charge in [-0.3, -0.25) is 9.48 Å². The van der Waals surface area contributed by atoms with Crippen molar-refractivity contribution in [3.63, 3.8) is 0 Å². The van der Waals surface area contributed by atoms with E-state index in [2.05, 4.69) is 42.3 Å². The number of hydrogen-bond donors (Lipinski definition) is 1. The topological polar surface area (TPSA) is 46.9 Å². The van der Waals surface area contributed by atoms with Crippen LogP contribution >= 0.6 is 31.9 Å². The molecule has 0 aliphatic heterocycles. The Balaban J connectivity index is 2.38. The number of carbonyl (C=O) groups excluding carboxylic acids is 1. The lowest BCUT2D eigenvalue weighted by Gasteiger charge is -2.02. The van der Waals surface area contributed by atoms with Crippen molar-refractivity contribution < 1.29 is 4.79 Å². The minimum absolute atomic E-state index is 0.0624. The van der Waals surface area contributed by atoms with E-state index in [-0.39, 0.29) is 5.91 Å². The van der Waals surface area contributed by atoms with Crippen molar-refractivity contribution in [3.05, 3.63) is 15.3 Å². The third-order valence-corrected chi connectivity index (χ3v) is 2.78. The molecular weight excluding hydrogens is 314 g/mol. The standard InChI is InChI=1S/C8H11Br2N3O/c1-11-8(14)3-2-4-13-7(10)5-6(9)12-13/h5H,2-4H2,1H3,(H,11,14). The van der Waals surface area contributed by atoms with Crippen LogP contribution in [0.3, 0.4) is 0 Å². The first kappa shape index (κ1) is 11.7. The summed E-state index contributed by atoms with van der Waals surface area (Å²) in [6.07, 6.45) is 1.31. The number of nitrogens with zero attached hydrogens (tertiary/aromatic N) is 2. The highest BCUT2D eigenvalue weighted by molar-refractivity contribution is 9.11. The molecule has 6 heteroatoms. The molecule has 0 aromatic carbocycles. The maximum Gasteiger partial charge on any atom is 0.219 e. The first-order valence-electron chi connectivity index (χ1n) is 4.23. The molecule has 1 heterocycles. The normalized spacial score (nSPS) is 10.2. The van der Waals surface area contributed by atoms with Crippen LogP contribution in [0.5, 0.6) is 0 Å². The molecule has 0 saturated carbocycles. The van der Waals surface area contributed by atoms with E-state index in [9.17, 15) is 4.79 Å². The summed E-state index contributed by atoms with van der Waals surface area (Å²) in [5.74, 6) is 0.0624. The zero-order valence-electron chi connectivity index (χ0n) is 7.76. The van der Waals surface area contributed by atoms with Gasteiger partial charge in [-0.15, -0.1) is 0 Å². The summed E-state index contributed by atoms with van der Waals surface area (Å²) in [6, 6.07) is 1.87. The van der Waals surface area contributed by atoms with Gasteiger partial charge in [0.2, 0.25) is 5.91 Å². The third kappa shape index (κ3) is 3.42. The summed E-state index contributed by atoms with van der Waals surface area (Å²) < 4.78 is 3.53. The Morgan fingerprint density at radius 1 is 1.64 bits per heavy atom. The maximum atomic E-state index is 10.9. The molecule has 0 unspecified atom stereocenters. The molecule has 0 fully saturated rings. The summed E-state index contributed by atoms with van der Waals surface area (Å²) >= 11 is 6.65. The number of amides is 1. The van der Waals surface area contributed by atoms with Gasteiger partial charge in [-0.25, -0.2) is 0 Å². The Bertz CT molecular complexity index is 324. The smallest absolute Gasteiger partial charge is 0.219 e. The average Bonchev–Trinajstić information content (AvgIpc) is 2.45. The van der Waals surface area contributed by atoms with Crippen molar-refractivity contribution in [3.8, 4) is 0 Å². The summed E-state index contributed by atoms with van der Waals surface area (Å²) in [5.41, 5.74) is 0. The van der Waals surface area contributed by atoms with Gasteiger partial charge in [0.25, 0.3) is 0 Å². The second kappa shape index (κ2) is 5.50. The van der Waals surface area contributed by atoms with Crippen LogP contribution in [0.2, 0.25) is 0 Å². The van der Waals surface area contributed by atoms with E-state index in [0.29, 0.717) is 6.42 Å². The molecule has 0 aliphatic rings. The van der Waals surface area contributed by atoms with E-state index in [4.69, 9.17) is 0 Å². The van der Waals surface area contributed by atoms with Crippen molar-refractivity contribution in [2.75, 3.05) is 7.05 Å². The molecule has 0 saturated heterocycles. The van der Waals surface area contributed by atoms with Crippen LogP contribution in [0.15, 0.2) is 15.3 Å². The van der Waals surface area contributed by atoms with Crippen LogP contribution in [0.4, 0.5) is 0 Å². The molecule has 0 spiro atoms. The molecule has 1 amide bonds. The van der Waals surface area contributed by atoms with E-state index in [1.54, 1.807) is 7.05 Å². The number of aromatic nitrogens is 2. The molecule has 1 aromatic heterocycles. The number of nitrogens with one attached hydrogen (secondary N) is 1. The average molecular weight is 325 g/mol. The predicted molar refractivity (Wildman–Crippen MR) is 60.9 cm³/mol. The molecule has 0 radical (unpaired) electrons. The van der Waals surface area contributed by atoms with Crippen LogP contribution in [0.1, 0.15) is 12.8 Å². The minimum Gasteiger partial charge on any atom is -0.359 e. The maximum absolute atomic E-state index is 10.9. The number of aryl methyl sites for hydroxylation is 1. The van der Waals surface area contributed by atoms with Gasteiger partial charge in [-0.05, 0) is 38.3 Å². The summed E-state index contributed by atoms with van der Waals surface area (Å²) in [4.78, 5) is 10.9. The van der Waals surface area contributed by atoms with Crippen LogP contribution < -0.4 is 5.32 Å². The highest BCUT2D eigenvalue weighted by atomic mass is 79.9. The van der Waals surface area contributed by atoms with E-state index in [0.717, 1.165) is 22.2 Å². The number of carbonyl (C=O) groups is 1. The Labute approximate surface area is 99.3 Å². The fourth-order valence-electron chi connectivity index (χ4n) is 1.04. The largest absolute Gasteiger partial charge is 0.359 e. The summed E-state index contributed by atoms with van der Waals surface area (Å²) in [5, 5.41) is 6.77. The van der Waals surface area contributed by atoms with Crippen molar-refractivity contribution >= 4 is 37.8 Å². The number of hydrogen-bond acceptors (Lipinski definition) is 2. The number of halogens is 2. The molecule has 4 nitrogen and oxygen atoms in total. The summed E-state index contributed by atoms with van der Waals surface area (Å²) in [6.45, 7) is 0.736. The van der Waals surface area contributed by atoms with Gasteiger partial charge in [0, 0.05) is 26.1 Å². The van der Waals surface area contributed by atoms with Gasteiger partial charge < -0.3 is 5.32 Å². The van der Waals surface area contributed by atoms with Crippen LogP contribution in [-0.4, -0.2) is 22.7 Å². The second-order valence-electron chi connectivity index (χ2n) is 2.79. The van der Waals surface area contributed by atoms with Gasteiger partial charge in [-0.1, -0.05) is 0 Å². The first-order valence-corrected chi connectivity index (χ1v) is 5.81. The van der Waals surface area contributed by atoms with Gasteiger partial charge >= 0.3 is 0 Å². The molecule has 1 N–H and O–H groups in total. The van der Waals surface area contributed by atoms with Crippen LogP contribution in [-0.2, 0) is 11.3 Å². The van der Waals surface area contributed by atoms with Gasteiger partial charge in [-0.2, -0.15) is 5.10 Å². The fourth-order valence-corrected chi connectivity index (χ4v) is 2.22. The first-order chi connectivity index (χ1) is 6.63. The Kier molecular flexibility index (Phi) is 4.60. The molecule has 0 atom stereocenters. The zero-order chi connectivity index (χ0) is 10.6. The summed E-state index contributed by atoms with van der Waals surface area (Å²) in [7, 11) is 1.64. The van der Waals surface area contributed by atoms with Crippen molar-refractivity contribution in [1.82, 2.24) is 15.1 Å². The lowest BCUT2D eigenvalue weighted by atomic mass is 10.3. The highest BCUT2D eigenvalue weighted by Gasteiger charge is 2.03. The van der Waals surface area contributed by atoms with Crippen LogP contribution in [0, 0.1) is 0 Å². The van der Waals surface area contributed by atoms with Crippen molar-refractivity contribution in [1.29, 1.82) is 0 Å². The zero-order valence-corrected chi connectivity index (χ0v) is 10.9. The molecule has 1 rings (SSSR count). The van der Waals surface area contributed by atoms with Crippen molar-refractivity contribution in [2.45, 2.75) is 19.4 Å². The molecule has 14 heavy (non-hydrogen) atoms. The lowest BCUT2D eigenvalue weighted by molar-refractivity contribution is -0.120. The van der Waals surface area contributed by atoms with E-state index >= 15 is 0 Å². The molecule has 78 valence electrons. The van der Waals surface area contributed by atoms with E-state index in [1.165, 1.54) is 0 Å². The molecular formula is C8H11Br2N3O. The third-order valence-electron chi connectivity index (χ3n) is 1.75. The second-order valence-corrected chi connectivity index (χ2v) is 4.41. The van der Waals surface area contributed by atoms with Crippen molar-refractivity contribution in [2.24, 2.45) is 0 Å². The quantitative estimate of drug-likeness (QED) is 0.920. The SMILES string of the molecule is CNC(=O)CCCn1nc(Br)cc1Br. The Morgan fingerprint density at radius 3 is 2.86 bits per heavy atom. The highest BCUT2D eigenvalue weighted by Crippen LogP contribution is 2.16. The van der Waals surface area contributed by atoms with E-state index < -0.39 is 0 Å². The predicted octanol–water partition coefficient (Wildman–Crippen LogP) is 1.93. The van der Waals surface area contributed by atoms with Gasteiger partial charge in [0.1, 0.15) is 9.21 Å². The number of rotatable bonds is 4. The van der Waals surface area contributed by atoms with Gasteiger partial charge in [0.05, 0.1) is 0 Å².